The van der Waals surface area contributed by atoms with Gasteiger partial charge in [-0.2, -0.15) is 4.80 Å². The molecule has 0 bridgehead atoms. The number of halogens is 1. The van der Waals surface area contributed by atoms with Crippen molar-refractivity contribution >= 4 is 5.69 Å². The normalized spacial score (nSPS) is 15.2. The monoisotopic (exact) mass is 292 g/mol. The first-order valence-corrected chi connectivity index (χ1v) is 6.83. The van der Waals surface area contributed by atoms with E-state index in [4.69, 9.17) is 4.74 Å². The molecule has 0 radical (unpaired) electrons. The topological polar surface area (TPSA) is 68.1 Å². The first-order chi connectivity index (χ1) is 10.2. The smallest absolute Gasteiger partial charge is 0.212 e. The Balaban J connectivity index is 1.77. The number of piperazine rings is 1. The number of nitrogens with zero attached hydrogens (tertiary/aromatic N) is 5. The van der Waals surface area contributed by atoms with Gasteiger partial charge in [0.25, 0.3) is 0 Å². The number of ether oxygens (including phenoxy) is 1. The zero-order valence-corrected chi connectivity index (χ0v) is 11.8. The zero-order chi connectivity index (χ0) is 14.7. The molecule has 0 atom stereocenters. The maximum Gasteiger partial charge on any atom is 0.212 e. The molecule has 1 aromatic carbocycles. The Morgan fingerprint density at radius 2 is 2.14 bits per heavy atom. The van der Waals surface area contributed by atoms with Crippen molar-refractivity contribution in [2.45, 2.75) is 6.61 Å². The predicted molar refractivity (Wildman–Crippen MR) is 74.6 cm³/mol. The summed E-state index contributed by atoms with van der Waals surface area (Å²) < 4.78 is 19.3. The summed E-state index contributed by atoms with van der Waals surface area (Å²) in [5.74, 6) is 0.854. The molecule has 8 heteroatoms. The highest BCUT2D eigenvalue weighted by molar-refractivity contribution is 5.59. The Bertz CT molecular complexity index is 610. The van der Waals surface area contributed by atoms with E-state index in [1.165, 1.54) is 16.9 Å². The standard InChI is InChI=1S/C13H17FN6O/c1-19-17-13(16-18-19)9-21-12-3-2-10(14)8-11(12)20-6-4-15-5-7-20/h2-3,8,15H,4-7,9H2,1H3. The molecular formula is C13H17FN6O. The largest absolute Gasteiger partial charge is 0.483 e. The van der Waals surface area contributed by atoms with Crippen LogP contribution < -0.4 is 15.0 Å². The summed E-state index contributed by atoms with van der Waals surface area (Å²) >= 11 is 0. The van der Waals surface area contributed by atoms with Gasteiger partial charge in [0.2, 0.25) is 5.82 Å². The highest BCUT2D eigenvalue weighted by atomic mass is 19.1. The third-order valence-corrected chi connectivity index (χ3v) is 3.29. The van der Waals surface area contributed by atoms with Crippen LogP contribution in [-0.4, -0.2) is 46.4 Å². The van der Waals surface area contributed by atoms with E-state index in [0.29, 0.717) is 11.6 Å². The fraction of sp³-hybridized carbons (Fsp3) is 0.462. The molecule has 3 rings (SSSR count). The molecule has 0 aliphatic carbocycles. The fourth-order valence-electron chi connectivity index (χ4n) is 2.29. The van der Waals surface area contributed by atoms with E-state index in [-0.39, 0.29) is 12.4 Å². The van der Waals surface area contributed by atoms with Crippen LogP contribution >= 0.6 is 0 Å². The number of nitrogens with one attached hydrogen (secondary N) is 1. The second-order valence-corrected chi connectivity index (χ2v) is 4.83. The Hall–Kier alpha value is -2.22. The lowest BCUT2D eigenvalue weighted by atomic mass is 10.2. The van der Waals surface area contributed by atoms with Gasteiger partial charge in [0, 0.05) is 32.2 Å². The fourth-order valence-corrected chi connectivity index (χ4v) is 2.29. The molecule has 0 saturated carbocycles. The van der Waals surface area contributed by atoms with Gasteiger partial charge in [-0.25, -0.2) is 4.39 Å². The molecule has 0 unspecified atom stereocenters. The van der Waals surface area contributed by atoms with Gasteiger partial charge in [-0.15, -0.1) is 10.2 Å². The molecule has 112 valence electrons. The van der Waals surface area contributed by atoms with Crippen LogP contribution in [0.4, 0.5) is 10.1 Å². The summed E-state index contributed by atoms with van der Waals surface area (Å²) in [6, 6.07) is 4.54. The van der Waals surface area contributed by atoms with Crippen LogP contribution in [0.25, 0.3) is 0 Å². The van der Waals surface area contributed by atoms with Crippen molar-refractivity contribution in [1.82, 2.24) is 25.5 Å². The van der Waals surface area contributed by atoms with Crippen molar-refractivity contribution in [2.24, 2.45) is 7.05 Å². The van der Waals surface area contributed by atoms with Crippen molar-refractivity contribution in [3.63, 3.8) is 0 Å². The van der Waals surface area contributed by atoms with Crippen LogP contribution in [0.1, 0.15) is 5.82 Å². The highest BCUT2D eigenvalue weighted by Gasteiger charge is 2.16. The molecule has 2 heterocycles. The van der Waals surface area contributed by atoms with Crippen LogP contribution in [0.5, 0.6) is 5.75 Å². The van der Waals surface area contributed by atoms with Crippen molar-refractivity contribution in [1.29, 1.82) is 0 Å². The van der Waals surface area contributed by atoms with E-state index in [0.717, 1.165) is 31.9 Å². The highest BCUT2D eigenvalue weighted by Crippen LogP contribution is 2.30. The van der Waals surface area contributed by atoms with E-state index in [1.54, 1.807) is 13.1 Å². The minimum atomic E-state index is -0.270. The number of aromatic nitrogens is 4. The zero-order valence-electron chi connectivity index (χ0n) is 11.8. The molecule has 7 nitrogen and oxygen atoms in total. The lowest BCUT2D eigenvalue weighted by Crippen LogP contribution is -2.43. The number of aryl methyl sites for hydroxylation is 1. The summed E-state index contributed by atoms with van der Waals surface area (Å²) in [6.07, 6.45) is 0. The molecule has 1 aromatic heterocycles. The van der Waals surface area contributed by atoms with Crippen molar-refractivity contribution in [3.05, 3.63) is 29.8 Å². The minimum absolute atomic E-state index is 0.207. The quantitative estimate of drug-likeness (QED) is 0.876. The van der Waals surface area contributed by atoms with Crippen LogP contribution in [0, 0.1) is 5.82 Å². The summed E-state index contributed by atoms with van der Waals surface area (Å²) in [7, 11) is 1.69. The summed E-state index contributed by atoms with van der Waals surface area (Å²) in [6.45, 7) is 3.61. The minimum Gasteiger partial charge on any atom is -0.483 e. The van der Waals surface area contributed by atoms with E-state index in [1.807, 2.05) is 0 Å². The van der Waals surface area contributed by atoms with Crippen LogP contribution in [0.3, 0.4) is 0 Å². The molecule has 1 saturated heterocycles. The third-order valence-electron chi connectivity index (χ3n) is 3.29. The average molecular weight is 292 g/mol. The number of benzene rings is 1. The summed E-state index contributed by atoms with van der Waals surface area (Å²) in [5.41, 5.74) is 0.764. The number of rotatable bonds is 4. The SMILES string of the molecule is Cn1nnc(COc2ccc(F)cc2N2CCNCC2)n1. The molecular weight excluding hydrogens is 275 g/mol. The Labute approximate surface area is 121 Å². The molecule has 0 spiro atoms. The van der Waals surface area contributed by atoms with Crippen LogP contribution in [0.2, 0.25) is 0 Å². The molecule has 2 aromatic rings. The lowest BCUT2D eigenvalue weighted by molar-refractivity contribution is 0.295. The predicted octanol–water partition coefficient (Wildman–Crippen LogP) is 0.338. The molecule has 1 fully saturated rings. The van der Waals surface area contributed by atoms with E-state index in [2.05, 4.69) is 25.6 Å². The first kappa shape index (κ1) is 13.7. The van der Waals surface area contributed by atoms with Gasteiger partial charge in [0.15, 0.2) is 6.61 Å². The number of hydrogen-bond acceptors (Lipinski definition) is 6. The second-order valence-electron chi connectivity index (χ2n) is 4.83. The number of hydrogen-bond donors (Lipinski definition) is 1. The van der Waals surface area contributed by atoms with Crippen molar-refractivity contribution in [3.8, 4) is 5.75 Å². The Kier molecular flexibility index (Phi) is 3.96. The Morgan fingerprint density at radius 1 is 1.33 bits per heavy atom. The summed E-state index contributed by atoms with van der Waals surface area (Å²) in [4.78, 5) is 3.49. The van der Waals surface area contributed by atoms with Gasteiger partial charge in [0.1, 0.15) is 11.6 Å². The van der Waals surface area contributed by atoms with E-state index in [9.17, 15) is 4.39 Å². The van der Waals surface area contributed by atoms with Gasteiger partial charge in [-0.05, 0) is 17.3 Å². The van der Waals surface area contributed by atoms with Gasteiger partial charge >= 0.3 is 0 Å². The van der Waals surface area contributed by atoms with Gasteiger partial charge in [0.05, 0.1) is 12.7 Å². The number of tetrazole rings is 1. The average Bonchev–Trinajstić information content (AvgIpc) is 2.92. The van der Waals surface area contributed by atoms with Gasteiger partial charge in [-0.1, -0.05) is 0 Å². The second kappa shape index (κ2) is 6.04. The first-order valence-electron chi connectivity index (χ1n) is 6.83. The number of anilines is 1. The van der Waals surface area contributed by atoms with Gasteiger partial charge < -0.3 is 15.0 Å². The summed E-state index contributed by atoms with van der Waals surface area (Å²) in [5, 5.41) is 15.0. The molecule has 0 amide bonds. The van der Waals surface area contributed by atoms with Crippen LogP contribution in [0.15, 0.2) is 18.2 Å². The molecule has 1 aliphatic rings. The van der Waals surface area contributed by atoms with Crippen molar-refractivity contribution < 1.29 is 9.13 Å². The lowest BCUT2D eigenvalue weighted by Gasteiger charge is -2.30. The maximum absolute atomic E-state index is 13.5. The maximum atomic E-state index is 13.5. The molecule has 21 heavy (non-hydrogen) atoms. The van der Waals surface area contributed by atoms with E-state index >= 15 is 0 Å². The van der Waals surface area contributed by atoms with Crippen molar-refractivity contribution in [2.75, 3.05) is 31.1 Å². The van der Waals surface area contributed by atoms with Crippen LogP contribution in [-0.2, 0) is 13.7 Å². The van der Waals surface area contributed by atoms with E-state index < -0.39 is 0 Å². The molecule has 1 N–H and O–H groups in total. The Morgan fingerprint density at radius 3 is 2.86 bits per heavy atom. The van der Waals surface area contributed by atoms with Gasteiger partial charge in [-0.3, -0.25) is 0 Å². The third kappa shape index (κ3) is 3.27. The molecule has 1 aliphatic heterocycles.